The van der Waals surface area contributed by atoms with E-state index >= 15 is 0 Å². The molecule has 0 radical (unpaired) electrons. The summed E-state index contributed by atoms with van der Waals surface area (Å²) < 4.78 is 7.08. The normalized spacial score (nSPS) is 21.1. The number of para-hydroxylation sites is 1. The number of hydrogen-bond donors (Lipinski definition) is 0. The Kier molecular flexibility index (Phi) is 5.08. The van der Waals surface area contributed by atoms with Crippen LogP contribution >= 0.6 is 27.3 Å². The van der Waals surface area contributed by atoms with Crippen molar-refractivity contribution in [1.29, 1.82) is 0 Å². The largest absolute Gasteiger partial charge is 0.378 e. The van der Waals surface area contributed by atoms with Crippen molar-refractivity contribution in [2.45, 2.75) is 49.5 Å². The molecule has 0 N–H and O–H groups in total. The molecule has 1 saturated heterocycles. The first-order valence-electron chi connectivity index (χ1n) is 7.41. The van der Waals surface area contributed by atoms with Crippen LogP contribution in [0.5, 0.6) is 0 Å². The minimum absolute atomic E-state index is 0.485. The SMILES string of the molecule is BrC(CCC1CCCCO1)Cc1nc2ccccc2s1. The van der Waals surface area contributed by atoms with E-state index in [1.165, 1.54) is 41.8 Å². The van der Waals surface area contributed by atoms with E-state index in [0.717, 1.165) is 18.5 Å². The highest BCUT2D eigenvalue weighted by atomic mass is 79.9. The van der Waals surface area contributed by atoms with Gasteiger partial charge in [-0.05, 0) is 44.2 Å². The van der Waals surface area contributed by atoms with E-state index in [1.54, 1.807) is 0 Å². The van der Waals surface area contributed by atoms with Gasteiger partial charge in [0.15, 0.2) is 0 Å². The summed E-state index contributed by atoms with van der Waals surface area (Å²) in [5, 5.41) is 1.23. The molecule has 0 spiro atoms. The summed E-state index contributed by atoms with van der Waals surface area (Å²) in [5.41, 5.74) is 1.13. The minimum Gasteiger partial charge on any atom is -0.378 e. The van der Waals surface area contributed by atoms with E-state index in [9.17, 15) is 0 Å². The molecule has 1 aliphatic heterocycles. The Morgan fingerprint density at radius 3 is 3.05 bits per heavy atom. The fraction of sp³-hybridized carbons (Fsp3) is 0.562. The molecule has 20 heavy (non-hydrogen) atoms. The molecule has 0 bridgehead atoms. The third-order valence-corrected chi connectivity index (χ3v) is 5.65. The lowest BCUT2D eigenvalue weighted by Crippen LogP contribution is -2.20. The van der Waals surface area contributed by atoms with Gasteiger partial charge in [0, 0.05) is 17.9 Å². The van der Waals surface area contributed by atoms with Crippen LogP contribution in [0.25, 0.3) is 10.2 Å². The van der Waals surface area contributed by atoms with Crippen molar-refractivity contribution in [2.24, 2.45) is 0 Å². The Hall–Kier alpha value is -0.450. The summed E-state index contributed by atoms with van der Waals surface area (Å²) in [6.07, 6.45) is 7.64. The summed E-state index contributed by atoms with van der Waals surface area (Å²) in [5.74, 6) is 0. The smallest absolute Gasteiger partial charge is 0.0949 e. The van der Waals surface area contributed by atoms with Crippen molar-refractivity contribution in [3.63, 3.8) is 0 Å². The molecule has 1 aromatic heterocycles. The summed E-state index contributed by atoms with van der Waals surface area (Å²) in [7, 11) is 0. The molecule has 1 aliphatic rings. The number of hydrogen-bond acceptors (Lipinski definition) is 3. The maximum absolute atomic E-state index is 5.79. The zero-order valence-electron chi connectivity index (χ0n) is 11.6. The van der Waals surface area contributed by atoms with Crippen molar-refractivity contribution in [2.75, 3.05) is 6.61 Å². The van der Waals surface area contributed by atoms with Gasteiger partial charge in [-0.2, -0.15) is 0 Å². The highest BCUT2D eigenvalue weighted by Gasteiger charge is 2.16. The third kappa shape index (κ3) is 3.80. The molecule has 2 atom stereocenters. The fourth-order valence-corrected chi connectivity index (χ4v) is 4.53. The van der Waals surface area contributed by atoms with Crippen LogP contribution in [-0.2, 0) is 11.2 Å². The van der Waals surface area contributed by atoms with Gasteiger partial charge in [0.05, 0.1) is 21.3 Å². The molecule has 2 heterocycles. The van der Waals surface area contributed by atoms with Crippen LogP contribution in [-0.4, -0.2) is 22.5 Å². The van der Waals surface area contributed by atoms with Gasteiger partial charge in [0.1, 0.15) is 0 Å². The van der Waals surface area contributed by atoms with Gasteiger partial charge in [0.2, 0.25) is 0 Å². The van der Waals surface area contributed by atoms with Gasteiger partial charge < -0.3 is 4.74 Å². The first kappa shape index (κ1) is 14.5. The van der Waals surface area contributed by atoms with Gasteiger partial charge >= 0.3 is 0 Å². The van der Waals surface area contributed by atoms with E-state index in [-0.39, 0.29) is 0 Å². The van der Waals surface area contributed by atoms with Gasteiger partial charge in [-0.1, -0.05) is 28.1 Å². The van der Waals surface area contributed by atoms with Crippen molar-refractivity contribution < 1.29 is 4.74 Å². The number of ether oxygens (including phenoxy) is 1. The number of nitrogens with zero attached hydrogens (tertiary/aromatic N) is 1. The number of benzene rings is 1. The number of rotatable bonds is 5. The average molecular weight is 354 g/mol. The molecule has 4 heteroatoms. The van der Waals surface area contributed by atoms with Crippen LogP contribution in [0.2, 0.25) is 0 Å². The minimum atomic E-state index is 0.485. The topological polar surface area (TPSA) is 22.1 Å². The molecule has 108 valence electrons. The van der Waals surface area contributed by atoms with Gasteiger partial charge in [-0.3, -0.25) is 0 Å². The van der Waals surface area contributed by atoms with E-state index in [2.05, 4.69) is 40.2 Å². The quantitative estimate of drug-likeness (QED) is 0.709. The lowest BCUT2D eigenvalue weighted by Gasteiger charge is -2.23. The number of alkyl halides is 1. The Balaban J connectivity index is 1.51. The zero-order valence-corrected chi connectivity index (χ0v) is 14.0. The van der Waals surface area contributed by atoms with Gasteiger partial charge in [-0.15, -0.1) is 11.3 Å². The summed E-state index contributed by atoms with van der Waals surface area (Å²) in [4.78, 5) is 5.21. The molecule has 2 nitrogen and oxygen atoms in total. The second-order valence-electron chi connectivity index (χ2n) is 5.44. The van der Waals surface area contributed by atoms with Crippen LogP contribution in [0.15, 0.2) is 24.3 Å². The van der Waals surface area contributed by atoms with Crippen molar-refractivity contribution >= 4 is 37.5 Å². The molecule has 3 rings (SSSR count). The lowest BCUT2D eigenvalue weighted by molar-refractivity contribution is 0.0102. The molecule has 1 aromatic carbocycles. The number of fused-ring (bicyclic) bond motifs is 1. The van der Waals surface area contributed by atoms with E-state index in [1.807, 2.05) is 11.3 Å². The number of halogens is 1. The summed E-state index contributed by atoms with van der Waals surface area (Å²) in [6, 6.07) is 8.37. The maximum Gasteiger partial charge on any atom is 0.0949 e. The molecule has 0 saturated carbocycles. The zero-order chi connectivity index (χ0) is 13.8. The molecule has 2 aromatic rings. The predicted molar refractivity (Wildman–Crippen MR) is 88.9 cm³/mol. The summed E-state index contributed by atoms with van der Waals surface area (Å²) >= 11 is 5.62. The Morgan fingerprint density at radius 1 is 1.35 bits per heavy atom. The molecular formula is C16H20BrNOS. The molecular weight excluding hydrogens is 334 g/mol. The van der Waals surface area contributed by atoms with Crippen LogP contribution < -0.4 is 0 Å². The van der Waals surface area contributed by atoms with E-state index in [0.29, 0.717) is 10.9 Å². The Morgan fingerprint density at radius 2 is 2.25 bits per heavy atom. The monoisotopic (exact) mass is 353 g/mol. The third-order valence-electron chi connectivity index (χ3n) is 3.81. The molecule has 1 fully saturated rings. The van der Waals surface area contributed by atoms with Crippen molar-refractivity contribution in [3.05, 3.63) is 29.3 Å². The lowest BCUT2D eigenvalue weighted by atomic mass is 10.0. The summed E-state index contributed by atoms with van der Waals surface area (Å²) in [6.45, 7) is 0.954. The molecule has 0 amide bonds. The number of aromatic nitrogens is 1. The highest BCUT2D eigenvalue weighted by molar-refractivity contribution is 9.09. The van der Waals surface area contributed by atoms with Crippen molar-refractivity contribution in [3.8, 4) is 0 Å². The highest BCUT2D eigenvalue weighted by Crippen LogP contribution is 2.26. The predicted octanol–water partition coefficient (Wildman–Crippen LogP) is 4.95. The average Bonchev–Trinajstić information content (AvgIpc) is 2.88. The maximum atomic E-state index is 5.79. The van der Waals surface area contributed by atoms with Crippen LogP contribution in [0.1, 0.15) is 37.1 Å². The van der Waals surface area contributed by atoms with Gasteiger partial charge in [0.25, 0.3) is 0 Å². The van der Waals surface area contributed by atoms with E-state index in [4.69, 9.17) is 9.72 Å². The molecule has 0 aliphatic carbocycles. The van der Waals surface area contributed by atoms with Crippen LogP contribution in [0, 0.1) is 0 Å². The fourth-order valence-electron chi connectivity index (χ4n) is 2.70. The first-order valence-corrected chi connectivity index (χ1v) is 9.14. The van der Waals surface area contributed by atoms with Crippen LogP contribution in [0.4, 0.5) is 0 Å². The second-order valence-corrected chi connectivity index (χ2v) is 7.85. The van der Waals surface area contributed by atoms with Gasteiger partial charge in [-0.25, -0.2) is 4.98 Å². The van der Waals surface area contributed by atoms with E-state index < -0.39 is 0 Å². The number of thiazole rings is 1. The molecule has 2 unspecified atom stereocenters. The first-order chi connectivity index (χ1) is 9.81. The van der Waals surface area contributed by atoms with Crippen molar-refractivity contribution in [1.82, 2.24) is 4.98 Å². The Labute approximate surface area is 132 Å². The second kappa shape index (κ2) is 7.01. The van der Waals surface area contributed by atoms with Crippen LogP contribution in [0.3, 0.4) is 0 Å². The Bertz CT molecular complexity index is 517. The standard InChI is InChI=1S/C16H20BrNOS/c17-12(8-9-13-5-3-4-10-19-13)11-16-18-14-6-1-2-7-15(14)20-16/h1-2,6-7,12-13H,3-5,8-11H2.